The molecule has 0 aliphatic carbocycles. The zero-order valence-electron chi connectivity index (χ0n) is 9.35. The van der Waals surface area contributed by atoms with Crippen molar-refractivity contribution in [1.29, 1.82) is 0 Å². The second kappa shape index (κ2) is 4.26. The molecule has 0 unspecified atom stereocenters. The van der Waals surface area contributed by atoms with E-state index in [2.05, 4.69) is 4.99 Å². The number of hydrogen-bond acceptors (Lipinski definition) is 4. The van der Waals surface area contributed by atoms with Gasteiger partial charge in [0.05, 0.1) is 13.5 Å². The quantitative estimate of drug-likeness (QED) is 0.739. The first-order chi connectivity index (χ1) is 7.66. The van der Waals surface area contributed by atoms with Gasteiger partial charge in [0.2, 0.25) is 0 Å². The summed E-state index contributed by atoms with van der Waals surface area (Å²) in [6.45, 7) is 0. The Hall–Kier alpha value is -1.97. The second-order valence-corrected chi connectivity index (χ2v) is 3.91. The molecule has 2 rings (SSSR count). The molecule has 0 spiro atoms. The maximum Gasteiger partial charge on any atom is 0.298 e. The number of benzene rings is 1. The Bertz CT molecular complexity index is 448. The maximum atomic E-state index is 5.88. The fraction of sp³-hybridized carbons (Fsp3) is 0.250. The van der Waals surface area contributed by atoms with Crippen molar-refractivity contribution in [2.45, 2.75) is 12.8 Å². The molecule has 83 valence electrons. The minimum Gasteiger partial charge on any atom is -0.399 e. The number of anilines is 2. The highest BCUT2D eigenvalue weighted by Gasteiger charge is 2.18. The lowest BCUT2D eigenvalue weighted by Crippen LogP contribution is -2.21. The van der Waals surface area contributed by atoms with E-state index in [0.717, 1.165) is 35.6 Å². The molecular weight excluding hydrogens is 200 g/mol. The molecule has 4 nitrogen and oxygen atoms in total. The number of aryl methyl sites for hydroxylation is 1. The first-order valence-corrected chi connectivity index (χ1v) is 5.27. The minimum absolute atomic E-state index is 0.754. The van der Waals surface area contributed by atoms with E-state index in [-0.39, 0.29) is 0 Å². The van der Waals surface area contributed by atoms with Crippen LogP contribution >= 0.6 is 0 Å². The van der Waals surface area contributed by atoms with Crippen molar-refractivity contribution < 1.29 is 0 Å². The number of nitrogens with two attached hydrogens (primary N) is 2. The zero-order valence-corrected chi connectivity index (χ0v) is 9.35. The van der Waals surface area contributed by atoms with Crippen LogP contribution in [0, 0.1) is 0 Å². The number of aliphatic imine (C=N–C) groups is 1. The Balaban J connectivity index is 2.02. The van der Waals surface area contributed by atoms with Crippen LogP contribution in [-0.2, 0) is 6.42 Å². The first-order valence-electron chi connectivity index (χ1n) is 5.27. The molecule has 1 heterocycles. The third-order valence-electron chi connectivity index (χ3n) is 2.71. The highest BCUT2D eigenvalue weighted by Crippen LogP contribution is 2.17. The largest absolute Gasteiger partial charge is 0.399 e. The lowest BCUT2D eigenvalue weighted by molar-refractivity contribution is 0.677. The van der Waals surface area contributed by atoms with Gasteiger partial charge >= 0.3 is 0 Å². The first kappa shape index (κ1) is 10.5. The molecule has 1 aliphatic heterocycles. The fourth-order valence-corrected chi connectivity index (χ4v) is 1.73. The van der Waals surface area contributed by atoms with E-state index < -0.39 is 0 Å². The van der Waals surface area contributed by atoms with Gasteiger partial charge in [0.15, 0.2) is 6.20 Å². The van der Waals surface area contributed by atoms with E-state index in [1.807, 2.05) is 36.3 Å². The van der Waals surface area contributed by atoms with Crippen LogP contribution < -0.4 is 16.5 Å². The predicted octanol–water partition coefficient (Wildman–Crippen LogP) is 0.935. The summed E-state index contributed by atoms with van der Waals surface area (Å²) < 4.78 is 0. The Labute approximate surface area is 95.3 Å². The van der Waals surface area contributed by atoms with Crippen LogP contribution in [0.2, 0.25) is 0 Å². The van der Waals surface area contributed by atoms with E-state index >= 15 is 0 Å². The van der Waals surface area contributed by atoms with Gasteiger partial charge in [-0.2, -0.15) is 0 Å². The summed E-state index contributed by atoms with van der Waals surface area (Å²) in [4.78, 5) is 6.29. The maximum absolute atomic E-state index is 5.88. The van der Waals surface area contributed by atoms with Crippen molar-refractivity contribution in [3.8, 4) is 0 Å². The average Bonchev–Trinajstić information content (AvgIpc) is 2.66. The monoisotopic (exact) mass is 216 g/mol. The summed E-state index contributed by atoms with van der Waals surface area (Å²) in [5.74, 6) is 1.06. The normalized spacial score (nSPS) is 14.3. The third kappa shape index (κ3) is 2.16. The summed E-state index contributed by atoms with van der Waals surface area (Å²) >= 11 is 0. The van der Waals surface area contributed by atoms with Gasteiger partial charge in [-0.1, -0.05) is 4.99 Å². The van der Waals surface area contributed by atoms with Gasteiger partial charge in [0.1, 0.15) is 6.20 Å². The summed E-state index contributed by atoms with van der Waals surface area (Å²) in [6.07, 6.45) is 5.48. The number of nitrogens with zero attached hydrogens (tertiary/aromatic N) is 2. The van der Waals surface area contributed by atoms with E-state index in [1.54, 1.807) is 6.20 Å². The Morgan fingerprint density at radius 3 is 2.75 bits per heavy atom. The molecule has 0 saturated heterocycles. The van der Waals surface area contributed by atoms with Crippen LogP contribution in [0.1, 0.15) is 12.0 Å². The van der Waals surface area contributed by atoms with Crippen molar-refractivity contribution in [2.75, 3.05) is 18.5 Å². The molecule has 0 aromatic heterocycles. The smallest absolute Gasteiger partial charge is 0.298 e. The lowest BCUT2D eigenvalue weighted by Gasteiger charge is -2.06. The molecule has 1 radical (unpaired) electrons. The number of hydrogen-bond donors (Lipinski definition) is 2. The molecule has 4 N–H and O–H groups in total. The minimum atomic E-state index is 0.754. The van der Waals surface area contributed by atoms with Crippen LogP contribution in [0.15, 0.2) is 30.6 Å². The molecule has 4 heteroatoms. The van der Waals surface area contributed by atoms with Gasteiger partial charge in [-0.3, -0.25) is 0 Å². The molecule has 0 saturated carbocycles. The van der Waals surface area contributed by atoms with Crippen LogP contribution in [0.4, 0.5) is 11.4 Å². The molecule has 0 atom stereocenters. The van der Waals surface area contributed by atoms with Gasteiger partial charge < -0.3 is 11.5 Å². The van der Waals surface area contributed by atoms with Crippen LogP contribution in [-0.4, -0.2) is 17.8 Å². The van der Waals surface area contributed by atoms with Gasteiger partial charge in [-0.15, -0.1) is 0 Å². The molecule has 16 heavy (non-hydrogen) atoms. The molecule has 0 fully saturated rings. The van der Waals surface area contributed by atoms with Crippen LogP contribution in [0.3, 0.4) is 0 Å². The Kier molecular flexibility index (Phi) is 2.81. The summed E-state index contributed by atoms with van der Waals surface area (Å²) in [6, 6.07) is 5.60. The number of nitrogen functional groups attached to an aromatic ring is 2. The van der Waals surface area contributed by atoms with Crippen molar-refractivity contribution >= 4 is 17.2 Å². The van der Waals surface area contributed by atoms with E-state index in [1.165, 1.54) is 0 Å². The topological polar surface area (TPSA) is 69.4 Å². The van der Waals surface area contributed by atoms with E-state index in [9.17, 15) is 0 Å². The van der Waals surface area contributed by atoms with Crippen LogP contribution in [0.25, 0.3) is 0 Å². The van der Waals surface area contributed by atoms with E-state index in [4.69, 9.17) is 11.5 Å². The van der Waals surface area contributed by atoms with Crippen molar-refractivity contribution in [2.24, 2.45) is 0 Å². The van der Waals surface area contributed by atoms with Crippen LogP contribution in [0.5, 0.6) is 0 Å². The van der Waals surface area contributed by atoms with Gasteiger partial charge in [0.25, 0.3) is 5.84 Å². The van der Waals surface area contributed by atoms with Gasteiger partial charge in [0, 0.05) is 11.4 Å². The molecule has 1 aromatic carbocycles. The van der Waals surface area contributed by atoms with Gasteiger partial charge in [-0.25, -0.2) is 4.90 Å². The SMILES string of the molecule is CN1C=C[N+]=C1CCc1cc(N)ccc1N. The standard InChI is InChI=1S/C12H16N4/c1-16-7-6-15-12(16)5-2-9-8-10(13)3-4-11(9)14/h3-4,6-8H,2,5,13-14H2,1H3/q+1. The number of amidine groups is 1. The van der Waals surface area contributed by atoms with Crippen molar-refractivity contribution in [1.82, 2.24) is 9.89 Å². The molecule has 0 amide bonds. The van der Waals surface area contributed by atoms with E-state index in [0.29, 0.717) is 0 Å². The highest BCUT2D eigenvalue weighted by molar-refractivity contribution is 5.84. The fourth-order valence-electron chi connectivity index (χ4n) is 1.73. The molecular formula is C12H16N4+. The van der Waals surface area contributed by atoms with Crippen molar-refractivity contribution in [3.63, 3.8) is 0 Å². The molecule has 1 aliphatic rings. The highest BCUT2D eigenvalue weighted by atomic mass is 15.2. The number of rotatable bonds is 3. The van der Waals surface area contributed by atoms with Gasteiger partial charge in [-0.05, 0) is 30.2 Å². The average molecular weight is 216 g/mol. The Morgan fingerprint density at radius 1 is 1.25 bits per heavy atom. The third-order valence-corrected chi connectivity index (χ3v) is 2.71. The lowest BCUT2D eigenvalue weighted by atomic mass is 10.1. The molecule has 1 aromatic rings. The summed E-state index contributed by atoms with van der Waals surface area (Å²) in [7, 11) is 1.99. The second-order valence-electron chi connectivity index (χ2n) is 3.91. The predicted molar refractivity (Wildman–Crippen MR) is 67.6 cm³/mol. The summed E-state index contributed by atoms with van der Waals surface area (Å²) in [5, 5.41) is 0. The zero-order chi connectivity index (χ0) is 11.5. The van der Waals surface area contributed by atoms with Crippen molar-refractivity contribution in [3.05, 3.63) is 36.2 Å². The summed E-state index contributed by atoms with van der Waals surface area (Å²) in [5.41, 5.74) is 14.2. The Morgan fingerprint density at radius 2 is 2.06 bits per heavy atom. The molecule has 0 bridgehead atoms.